The van der Waals surface area contributed by atoms with Crippen molar-refractivity contribution in [2.24, 2.45) is 11.8 Å². The lowest BCUT2D eigenvalue weighted by Crippen LogP contribution is -2.45. The normalized spacial score (nSPS) is 23.8. The number of hydrogen-bond donors (Lipinski definition) is 1. The number of hydrogen-bond acceptors (Lipinski definition) is 3. The number of amides is 1. The third-order valence-corrected chi connectivity index (χ3v) is 4.81. The zero-order valence-electron chi connectivity index (χ0n) is 14.2. The van der Waals surface area contributed by atoms with Gasteiger partial charge in [0.2, 0.25) is 0 Å². The van der Waals surface area contributed by atoms with E-state index in [0.717, 1.165) is 31.4 Å². The summed E-state index contributed by atoms with van der Waals surface area (Å²) in [7, 11) is 0. The fraction of sp³-hybridized carbons (Fsp3) is 0.556. The molecule has 0 radical (unpaired) electrons. The summed E-state index contributed by atoms with van der Waals surface area (Å²) in [5.74, 6) is -0.554. The smallest absolute Gasteiger partial charge is 0.416 e. The quantitative estimate of drug-likeness (QED) is 0.834. The molecule has 3 atom stereocenters. The molecule has 0 unspecified atom stereocenters. The van der Waals surface area contributed by atoms with Crippen LogP contribution in [0.4, 0.5) is 13.2 Å². The number of nitrogens with one attached hydrogen (secondary N) is 1. The lowest BCUT2D eigenvalue weighted by Gasteiger charge is -2.34. The molecule has 0 aromatic heterocycles. The topological polar surface area (TPSA) is 55.4 Å². The lowest BCUT2D eigenvalue weighted by molar-refractivity contribution is -0.137. The second kappa shape index (κ2) is 7.89. The van der Waals surface area contributed by atoms with Gasteiger partial charge in [-0.1, -0.05) is 32.8 Å². The Hall–Kier alpha value is -2.05. The summed E-state index contributed by atoms with van der Waals surface area (Å²) in [5.41, 5.74) is -1.17. The lowest BCUT2D eigenvalue weighted by atomic mass is 9.78. The van der Waals surface area contributed by atoms with Crippen LogP contribution in [0.2, 0.25) is 0 Å². The molecular formula is C18H22F3NO3. The van der Waals surface area contributed by atoms with Crippen LogP contribution in [-0.4, -0.2) is 24.5 Å². The van der Waals surface area contributed by atoms with Gasteiger partial charge in [-0.15, -0.1) is 0 Å². The van der Waals surface area contributed by atoms with E-state index in [1.807, 2.05) is 0 Å². The van der Waals surface area contributed by atoms with E-state index in [9.17, 15) is 22.8 Å². The maximum absolute atomic E-state index is 12.7. The summed E-state index contributed by atoms with van der Waals surface area (Å²) in [4.78, 5) is 23.8. The number of rotatable bonds is 4. The Labute approximate surface area is 144 Å². The standard InChI is InChI=1S/C18H22F3NO3/c1-11-5-3-8-15(12(11)2)22-16(23)10-25-17(24)13-6-4-7-14(9-13)18(19,20)21/h4,6-7,9,11-12,15H,3,5,8,10H2,1-2H3,(H,22,23)/t11-,12+,15+/m1/s1. The molecule has 2 rings (SSSR count). The van der Waals surface area contributed by atoms with Gasteiger partial charge in [-0.3, -0.25) is 4.79 Å². The first kappa shape index (κ1) is 19.3. The van der Waals surface area contributed by atoms with E-state index in [4.69, 9.17) is 4.74 Å². The number of alkyl halides is 3. The van der Waals surface area contributed by atoms with Gasteiger partial charge in [0, 0.05) is 6.04 Å². The average Bonchev–Trinajstić information content (AvgIpc) is 2.56. The minimum atomic E-state index is -4.54. The van der Waals surface area contributed by atoms with Gasteiger partial charge in [0.15, 0.2) is 6.61 Å². The minimum absolute atomic E-state index is 0.0310. The van der Waals surface area contributed by atoms with Gasteiger partial charge < -0.3 is 10.1 Å². The molecule has 138 valence electrons. The molecule has 4 nitrogen and oxygen atoms in total. The molecule has 1 aromatic rings. The zero-order chi connectivity index (χ0) is 18.6. The predicted octanol–water partition coefficient (Wildman–Crippen LogP) is 3.80. The van der Waals surface area contributed by atoms with Gasteiger partial charge in [0.1, 0.15) is 0 Å². The van der Waals surface area contributed by atoms with Crippen LogP contribution in [0.25, 0.3) is 0 Å². The molecule has 1 amide bonds. The molecule has 1 N–H and O–H groups in total. The van der Waals surface area contributed by atoms with Gasteiger partial charge in [-0.2, -0.15) is 13.2 Å². The maximum atomic E-state index is 12.7. The van der Waals surface area contributed by atoms with E-state index in [1.165, 1.54) is 6.07 Å². The van der Waals surface area contributed by atoms with Crippen LogP contribution in [0, 0.1) is 11.8 Å². The number of carbonyl (C=O) groups is 2. The van der Waals surface area contributed by atoms with Crippen LogP contribution >= 0.6 is 0 Å². The summed E-state index contributed by atoms with van der Waals surface area (Å²) in [5, 5.41) is 2.85. The fourth-order valence-electron chi connectivity index (χ4n) is 3.07. The van der Waals surface area contributed by atoms with Crippen LogP contribution in [0.5, 0.6) is 0 Å². The molecule has 0 saturated heterocycles. The van der Waals surface area contributed by atoms with Crippen molar-refractivity contribution in [3.8, 4) is 0 Å². The first-order chi connectivity index (χ1) is 11.7. The Balaban J connectivity index is 1.88. The molecule has 1 aliphatic carbocycles. The van der Waals surface area contributed by atoms with E-state index >= 15 is 0 Å². The van der Waals surface area contributed by atoms with Crippen molar-refractivity contribution < 1.29 is 27.5 Å². The Morgan fingerprint density at radius 1 is 1.24 bits per heavy atom. The van der Waals surface area contributed by atoms with Gasteiger partial charge >= 0.3 is 12.1 Å². The van der Waals surface area contributed by atoms with E-state index in [2.05, 4.69) is 19.2 Å². The van der Waals surface area contributed by atoms with Crippen molar-refractivity contribution in [3.05, 3.63) is 35.4 Å². The highest BCUT2D eigenvalue weighted by Gasteiger charge is 2.31. The Kier molecular flexibility index (Phi) is 6.08. The second-order valence-electron chi connectivity index (χ2n) is 6.60. The number of esters is 1. The van der Waals surface area contributed by atoms with Crippen molar-refractivity contribution in [1.82, 2.24) is 5.32 Å². The molecule has 0 bridgehead atoms. The number of halogens is 3. The summed E-state index contributed by atoms with van der Waals surface area (Å²) in [6.07, 6.45) is -1.52. The molecule has 0 heterocycles. The molecule has 1 fully saturated rings. The monoisotopic (exact) mass is 357 g/mol. The van der Waals surface area contributed by atoms with Crippen LogP contribution in [0.1, 0.15) is 49.0 Å². The third-order valence-electron chi connectivity index (χ3n) is 4.81. The highest BCUT2D eigenvalue weighted by atomic mass is 19.4. The van der Waals surface area contributed by atoms with Crippen LogP contribution in [0.3, 0.4) is 0 Å². The maximum Gasteiger partial charge on any atom is 0.416 e. The van der Waals surface area contributed by atoms with Crippen molar-refractivity contribution in [2.45, 2.75) is 45.3 Å². The minimum Gasteiger partial charge on any atom is -0.452 e. The summed E-state index contributed by atoms with van der Waals surface area (Å²) in [6, 6.07) is 3.97. The molecule has 1 aliphatic rings. The fourth-order valence-corrected chi connectivity index (χ4v) is 3.07. The number of carbonyl (C=O) groups excluding carboxylic acids is 2. The first-order valence-corrected chi connectivity index (χ1v) is 8.32. The highest BCUT2D eigenvalue weighted by molar-refractivity contribution is 5.91. The van der Waals surface area contributed by atoms with Crippen molar-refractivity contribution in [1.29, 1.82) is 0 Å². The van der Waals surface area contributed by atoms with Gasteiger partial charge in [0.05, 0.1) is 11.1 Å². The Morgan fingerprint density at radius 3 is 2.64 bits per heavy atom. The van der Waals surface area contributed by atoms with Crippen LogP contribution in [0.15, 0.2) is 24.3 Å². The van der Waals surface area contributed by atoms with Gasteiger partial charge in [-0.25, -0.2) is 4.79 Å². The van der Waals surface area contributed by atoms with E-state index in [-0.39, 0.29) is 11.6 Å². The third kappa shape index (κ3) is 5.21. The number of benzene rings is 1. The first-order valence-electron chi connectivity index (χ1n) is 8.32. The zero-order valence-corrected chi connectivity index (χ0v) is 14.2. The van der Waals surface area contributed by atoms with Gasteiger partial charge in [0.25, 0.3) is 5.91 Å². The Morgan fingerprint density at radius 2 is 1.96 bits per heavy atom. The van der Waals surface area contributed by atoms with Crippen molar-refractivity contribution in [3.63, 3.8) is 0 Å². The molecule has 25 heavy (non-hydrogen) atoms. The Bertz CT molecular complexity index is 630. The van der Waals surface area contributed by atoms with E-state index in [1.54, 1.807) is 0 Å². The van der Waals surface area contributed by atoms with Crippen LogP contribution < -0.4 is 5.32 Å². The second-order valence-corrected chi connectivity index (χ2v) is 6.60. The summed E-state index contributed by atoms with van der Waals surface area (Å²) in [6.45, 7) is 3.70. The molecular weight excluding hydrogens is 335 g/mol. The van der Waals surface area contributed by atoms with Crippen LogP contribution in [-0.2, 0) is 15.7 Å². The van der Waals surface area contributed by atoms with E-state index < -0.39 is 30.2 Å². The highest BCUT2D eigenvalue weighted by Crippen LogP contribution is 2.30. The van der Waals surface area contributed by atoms with Crippen molar-refractivity contribution in [2.75, 3.05) is 6.61 Å². The van der Waals surface area contributed by atoms with Crippen molar-refractivity contribution >= 4 is 11.9 Å². The molecule has 1 aromatic carbocycles. The molecule has 0 aliphatic heterocycles. The molecule has 1 saturated carbocycles. The summed E-state index contributed by atoms with van der Waals surface area (Å²) < 4.78 is 42.8. The van der Waals surface area contributed by atoms with Gasteiger partial charge in [-0.05, 0) is 36.5 Å². The molecule has 7 heteroatoms. The average molecular weight is 357 g/mol. The SMILES string of the molecule is C[C@H]1[C@H](C)CCC[C@@H]1NC(=O)COC(=O)c1cccc(C(F)(F)F)c1. The number of ether oxygens (including phenoxy) is 1. The molecule has 0 spiro atoms. The summed E-state index contributed by atoms with van der Waals surface area (Å²) >= 11 is 0. The van der Waals surface area contributed by atoms with E-state index in [0.29, 0.717) is 17.9 Å². The largest absolute Gasteiger partial charge is 0.452 e. The predicted molar refractivity (Wildman–Crippen MR) is 85.8 cm³/mol.